The molecule has 1 N–H and O–H groups in total. The van der Waals surface area contributed by atoms with Gasteiger partial charge in [-0.3, -0.25) is 4.79 Å². The maximum atomic E-state index is 11.2. The van der Waals surface area contributed by atoms with Crippen LogP contribution in [0.1, 0.15) is 49.7 Å². The fourth-order valence-corrected chi connectivity index (χ4v) is 4.19. The molecule has 1 atom stereocenters. The molecule has 1 heterocycles. The van der Waals surface area contributed by atoms with E-state index < -0.39 is 11.9 Å². The first kappa shape index (κ1) is 21.0. The van der Waals surface area contributed by atoms with Crippen molar-refractivity contribution < 1.29 is 14.6 Å². The van der Waals surface area contributed by atoms with E-state index in [2.05, 4.69) is 4.98 Å². The van der Waals surface area contributed by atoms with Crippen molar-refractivity contribution in [2.45, 2.75) is 52.5 Å². The second-order valence-electron chi connectivity index (χ2n) is 7.64. The van der Waals surface area contributed by atoms with Crippen molar-refractivity contribution in [3.8, 4) is 5.75 Å². The second-order valence-corrected chi connectivity index (χ2v) is 8.41. The van der Waals surface area contributed by atoms with Crippen molar-refractivity contribution in [2.24, 2.45) is 11.8 Å². The van der Waals surface area contributed by atoms with Gasteiger partial charge < -0.3 is 14.4 Å². The number of hydrogen-bond acceptors (Lipinski definition) is 3. The Morgan fingerprint density at radius 1 is 1.36 bits per heavy atom. The van der Waals surface area contributed by atoms with Crippen molar-refractivity contribution in [1.29, 1.82) is 0 Å². The van der Waals surface area contributed by atoms with Gasteiger partial charge in [0.25, 0.3) is 0 Å². The Morgan fingerprint density at radius 3 is 2.71 bits per heavy atom. The molecule has 2 aromatic rings. The standard InChI is InChI=1S/C21H26Cl2N2O3/c1-13(21(26)27)9-19-20(23)24-14(2)25(19)11-16-7-8-17(10-18(16)22)28-12-15-5-3-4-6-15/h7-8,10,13,15H,3-6,9,11-12H2,1-2H3,(H,26,27). The number of ether oxygens (including phenoxy) is 1. The summed E-state index contributed by atoms with van der Waals surface area (Å²) in [5.74, 6) is 0.751. The monoisotopic (exact) mass is 424 g/mol. The third kappa shape index (κ3) is 5.00. The summed E-state index contributed by atoms with van der Waals surface area (Å²) in [6, 6.07) is 5.73. The number of halogens is 2. The number of carboxylic acid groups (broad SMARTS) is 1. The van der Waals surface area contributed by atoms with Gasteiger partial charge in [-0.25, -0.2) is 4.98 Å². The van der Waals surface area contributed by atoms with Crippen molar-refractivity contribution in [3.05, 3.63) is 45.5 Å². The molecule has 152 valence electrons. The molecule has 0 amide bonds. The molecule has 0 spiro atoms. The van der Waals surface area contributed by atoms with Crippen LogP contribution in [0.3, 0.4) is 0 Å². The van der Waals surface area contributed by atoms with Crippen LogP contribution in [0.4, 0.5) is 0 Å². The molecule has 3 rings (SSSR count). The highest BCUT2D eigenvalue weighted by atomic mass is 35.5. The summed E-state index contributed by atoms with van der Waals surface area (Å²) in [6.45, 7) is 4.74. The van der Waals surface area contributed by atoms with Crippen molar-refractivity contribution in [1.82, 2.24) is 9.55 Å². The van der Waals surface area contributed by atoms with Gasteiger partial charge in [-0.15, -0.1) is 0 Å². The molecule has 0 bridgehead atoms. The molecule has 1 aromatic carbocycles. The lowest BCUT2D eigenvalue weighted by atomic mass is 10.1. The largest absolute Gasteiger partial charge is 0.493 e. The molecule has 0 aliphatic heterocycles. The normalized spacial score (nSPS) is 15.7. The lowest BCUT2D eigenvalue weighted by Crippen LogP contribution is -2.16. The molecule has 5 nitrogen and oxygen atoms in total. The van der Waals surface area contributed by atoms with Gasteiger partial charge in [0.1, 0.15) is 11.6 Å². The Hall–Kier alpha value is -1.72. The number of nitrogens with zero attached hydrogens (tertiary/aromatic N) is 2. The summed E-state index contributed by atoms with van der Waals surface area (Å²) in [5.41, 5.74) is 1.63. The topological polar surface area (TPSA) is 64.3 Å². The summed E-state index contributed by atoms with van der Waals surface area (Å²) < 4.78 is 7.85. The van der Waals surface area contributed by atoms with E-state index in [4.69, 9.17) is 27.9 Å². The minimum Gasteiger partial charge on any atom is -0.493 e. The molecule has 1 unspecified atom stereocenters. The lowest BCUT2D eigenvalue weighted by Gasteiger charge is -2.15. The summed E-state index contributed by atoms with van der Waals surface area (Å²) >= 11 is 12.8. The zero-order valence-corrected chi connectivity index (χ0v) is 17.8. The average molecular weight is 425 g/mol. The predicted molar refractivity (Wildman–Crippen MR) is 110 cm³/mol. The number of carbonyl (C=O) groups is 1. The first-order chi connectivity index (χ1) is 13.3. The van der Waals surface area contributed by atoms with E-state index in [-0.39, 0.29) is 0 Å². The van der Waals surface area contributed by atoms with Crippen LogP contribution in [-0.2, 0) is 17.8 Å². The number of carboxylic acids is 1. The zero-order valence-electron chi connectivity index (χ0n) is 16.3. The Labute approximate surface area is 175 Å². The molecule has 1 saturated carbocycles. The molecule has 1 aromatic heterocycles. The van der Waals surface area contributed by atoms with Crippen LogP contribution in [-0.4, -0.2) is 27.2 Å². The fraction of sp³-hybridized carbons (Fsp3) is 0.524. The lowest BCUT2D eigenvalue weighted by molar-refractivity contribution is -0.141. The maximum Gasteiger partial charge on any atom is 0.306 e. The number of imidazole rings is 1. The van der Waals surface area contributed by atoms with Crippen LogP contribution in [0.25, 0.3) is 0 Å². The third-order valence-corrected chi connectivity index (χ3v) is 6.10. The molecule has 0 saturated heterocycles. The van der Waals surface area contributed by atoms with Crippen molar-refractivity contribution in [2.75, 3.05) is 6.61 Å². The highest BCUT2D eigenvalue weighted by Gasteiger charge is 2.21. The zero-order chi connectivity index (χ0) is 20.3. The smallest absolute Gasteiger partial charge is 0.306 e. The van der Waals surface area contributed by atoms with E-state index in [1.807, 2.05) is 29.7 Å². The number of rotatable bonds is 8. The predicted octanol–water partition coefficient (Wildman–Crippen LogP) is 5.38. The van der Waals surface area contributed by atoms with Gasteiger partial charge in [0.05, 0.1) is 24.8 Å². The van der Waals surface area contributed by atoms with E-state index in [0.29, 0.717) is 34.8 Å². The van der Waals surface area contributed by atoms with Gasteiger partial charge in [-0.05, 0) is 43.4 Å². The quantitative estimate of drug-likeness (QED) is 0.617. The van der Waals surface area contributed by atoms with Gasteiger partial charge in [0.15, 0.2) is 5.15 Å². The first-order valence-corrected chi connectivity index (χ1v) is 10.5. The van der Waals surface area contributed by atoms with E-state index in [1.165, 1.54) is 25.7 Å². The molecule has 7 heteroatoms. The Bertz CT molecular complexity index is 844. The van der Waals surface area contributed by atoms with Crippen molar-refractivity contribution in [3.63, 3.8) is 0 Å². The van der Waals surface area contributed by atoms with Gasteiger partial charge >= 0.3 is 5.97 Å². The van der Waals surface area contributed by atoms with Gasteiger partial charge in [0.2, 0.25) is 0 Å². The molecular formula is C21H26Cl2N2O3. The first-order valence-electron chi connectivity index (χ1n) is 9.70. The highest BCUT2D eigenvalue weighted by Crippen LogP contribution is 2.29. The Kier molecular flexibility index (Phi) is 6.89. The van der Waals surface area contributed by atoms with Gasteiger partial charge in [-0.1, -0.05) is 49.0 Å². The fourth-order valence-electron chi connectivity index (χ4n) is 3.66. The average Bonchev–Trinajstić information content (AvgIpc) is 3.25. The molecule has 1 fully saturated rings. The maximum absolute atomic E-state index is 11.2. The van der Waals surface area contributed by atoms with Crippen molar-refractivity contribution >= 4 is 29.2 Å². The minimum atomic E-state index is -0.858. The molecule has 0 radical (unpaired) electrons. The number of benzene rings is 1. The van der Waals surface area contributed by atoms with Gasteiger partial charge in [0, 0.05) is 11.4 Å². The number of aromatic nitrogens is 2. The highest BCUT2D eigenvalue weighted by molar-refractivity contribution is 6.31. The van der Waals surface area contributed by atoms with Crippen LogP contribution in [0.2, 0.25) is 10.2 Å². The minimum absolute atomic E-state index is 0.315. The molecule has 28 heavy (non-hydrogen) atoms. The van der Waals surface area contributed by atoms with E-state index in [1.54, 1.807) is 6.92 Å². The summed E-state index contributed by atoms with van der Waals surface area (Å²) in [4.78, 5) is 15.5. The summed E-state index contributed by atoms with van der Waals surface area (Å²) in [5, 5.41) is 10.2. The summed E-state index contributed by atoms with van der Waals surface area (Å²) in [6.07, 6.45) is 5.38. The number of hydrogen-bond donors (Lipinski definition) is 1. The molecule has 1 aliphatic rings. The number of aliphatic carboxylic acids is 1. The van der Waals surface area contributed by atoms with Crippen LogP contribution in [0.5, 0.6) is 5.75 Å². The third-order valence-electron chi connectivity index (χ3n) is 5.45. The number of aryl methyl sites for hydroxylation is 1. The van der Waals surface area contributed by atoms with Crippen LogP contribution in [0.15, 0.2) is 18.2 Å². The SMILES string of the molecule is Cc1nc(Cl)c(CC(C)C(=O)O)n1Cc1ccc(OCC2CCCC2)cc1Cl. The summed E-state index contributed by atoms with van der Waals surface area (Å²) in [7, 11) is 0. The Morgan fingerprint density at radius 2 is 2.07 bits per heavy atom. The van der Waals surface area contributed by atoms with E-state index >= 15 is 0 Å². The van der Waals surface area contributed by atoms with Crippen LogP contribution >= 0.6 is 23.2 Å². The Balaban J connectivity index is 1.73. The van der Waals surface area contributed by atoms with E-state index in [9.17, 15) is 9.90 Å². The second kappa shape index (κ2) is 9.19. The van der Waals surface area contributed by atoms with E-state index in [0.717, 1.165) is 23.7 Å². The molecule has 1 aliphatic carbocycles. The van der Waals surface area contributed by atoms with Crippen LogP contribution in [0, 0.1) is 18.8 Å². The van der Waals surface area contributed by atoms with Gasteiger partial charge in [-0.2, -0.15) is 0 Å². The molecular weight excluding hydrogens is 399 g/mol. The van der Waals surface area contributed by atoms with Crippen LogP contribution < -0.4 is 4.74 Å².